The summed E-state index contributed by atoms with van der Waals surface area (Å²) in [5, 5.41) is 2.20. The van der Waals surface area contributed by atoms with Crippen LogP contribution >= 0.6 is 0 Å². The Morgan fingerprint density at radius 1 is 0.952 bits per heavy atom. The molecule has 0 saturated carbocycles. The number of hydrogen-bond acceptors (Lipinski definition) is 3. The van der Waals surface area contributed by atoms with Gasteiger partial charge in [0.15, 0.2) is 0 Å². The maximum atomic E-state index is 12.4. The van der Waals surface area contributed by atoms with Crippen LogP contribution in [0, 0.1) is 0 Å². The van der Waals surface area contributed by atoms with Crippen LogP contribution in [0.25, 0.3) is 22.0 Å². The van der Waals surface area contributed by atoms with Crippen LogP contribution in [0.3, 0.4) is 0 Å². The molecule has 0 fully saturated rings. The van der Waals surface area contributed by atoms with E-state index in [4.69, 9.17) is 5.84 Å². The van der Waals surface area contributed by atoms with Gasteiger partial charge in [0, 0.05) is 10.9 Å². The molecule has 4 heteroatoms. The van der Waals surface area contributed by atoms with Gasteiger partial charge in [0.25, 0.3) is 5.91 Å². The van der Waals surface area contributed by atoms with Crippen molar-refractivity contribution in [3.63, 3.8) is 0 Å². The van der Waals surface area contributed by atoms with Gasteiger partial charge < -0.3 is 0 Å². The van der Waals surface area contributed by atoms with Crippen LogP contribution < -0.4 is 5.84 Å². The Hall–Kier alpha value is -2.72. The third-order valence-electron chi connectivity index (χ3n) is 3.82. The standard InChI is InChI=1S/C17H13N3O/c18-20-10-14-16(17(20)21)15(11-6-2-1-3-7-11)12-8-4-5-9-13(12)19-14/h1-9H,10,18H2. The van der Waals surface area contributed by atoms with Gasteiger partial charge in [-0.25, -0.2) is 10.8 Å². The summed E-state index contributed by atoms with van der Waals surface area (Å²) < 4.78 is 0. The number of para-hydroxylation sites is 1. The van der Waals surface area contributed by atoms with E-state index in [-0.39, 0.29) is 5.91 Å². The zero-order valence-electron chi connectivity index (χ0n) is 11.3. The molecule has 0 unspecified atom stereocenters. The minimum Gasteiger partial charge on any atom is -0.270 e. The predicted octanol–water partition coefficient (Wildman–Crippen LogP) is 2.73. The highest BCUT2D eigenvalue weighted by Gasteiger charge is 2.31. The van der Waals surface area contributed by atoms with Crippen molar-refractivity contribution in [1.82, 2.24) is 9.99 Å². The lowest BCUT2D eigenvalue weighted by Crippen LogP contribution is -2.30. The number of nitrogens with zero attached hydrogens (tertiary/aromatic N) is 2. The summed E-state index contributed by atoms with van der Waals surface area (Å²) in [6.07, 6.45) is 0. The number of benzene rings is 2. The van der Waals surface area contributed by atoms with Crippen LogP contribution in [-0.2, 0) is 6.54 Å². The number of aromatic nitrogens is 1. The van der Waals surface area contributed by atoms with Crippen LogP contribution in [-0.4, -0.2) is 15.9 Å². The molecule has 0 atom stereocenters. The maximum Gasteiger partial charge on any atom is 0.270 e. The first-order valence-corrected chi connectivity index (χ1v) is 6.79. The van der Waals surface area contributed by atoms with E-state index in [0.29, 0.717) is 12.1 Å². The van der Waals surface area contributed by atoms with Gasteiger partial charge in [-0.1, -0.05) is 48.5 Å². The van der Waals surface area contributed by atoms with E-state index in [1.165, 1.54) is 5.01 Å². The fourth-order valence-corrected chi connectivity index (χ4v) is 2.89. The van der Waals surface area contributed by atoms with Crippen molar-refractivity contribution < 1.29 is 4.79 Å². The van der Waals surface area contributed by atoms with E-state index in [1.54, 1.807) is 0 Å². The van der Waals surface area contributed by atoms with Crippen LogP contribution in [0.2, 0.25) is 0 Å². The van der Waals surface area contributed by atoms with E-state index in [2.05, 4.69) is 4.98 Å². The van der Waals surface area contributed by atoms with Gasteiger partial charge in [-0.05, 0) is 11.6 Å². The average Bonchev–Trinajstić information content (AvgIpc) is 2.80. The Labute approximate surface area is 121 Å². The van der Waals surface area contributed by atoms with Crippen molar-refractivity contribution >= 4 is 16.8 Å². The molecule has 2 aromatic carbocycles. The molecule has 0 bridgehead atoms. The molecule has 0 aliphatic carbocycles. The molecule has 2 heterocycles. The summed E-state index contributed by atoms with van der Waals surface area (Å²) in [4.78, 5) is 17.0. The quantitative estimate of drug-likeness (QED) is 0.548. The molecule has 1 aliphatic rings. The summed E-state index contributed by atoms with van der Waals surface area (Å²) in [5.41, 5.74) is 4.20. The Bertz CT molecular complexity index is 859. The lowest BCUT2D eigenvalue weighted by molar-refractivity contribution is 0.0779. The molecule has 0 radical (unpaired) electrons. The van der Waals surface area contributed by atoms with Crippen molar-refractivity contribution in [2.75, 3.05) is 0 Å². The van der Waals surface area contributed by atoms with Gasteiger partial charge in [-0.15, -0.1) is 0 Å². The number of carbonyl (C=O) groups excluding carboxylic acids is 1. The van der Waals surface area contributed by atoms with E-state index in [9.17, 15) is 4.79 Å². The molecule has 0 spiro atoms. The fraction of sp³-hybridized carbons (Fsp3) is 0.0588. The summed E-state index contributed by atoms with van der Waals surface area (Å²) in [5.74, 6) is 5.62. The van der Waals surface area contributed by atoms with Gasteiger partial charge in [-0.2, -0.15) is 0 Å². The van der Waals surface area contributed by atoms with E-state index in [1.807, 2.05) is 54.6 Å². The third-order valence-corrected chi connectivity index (χ3v) is 3.82. The lowest BCUT2D eigenvalue weighted by atomic mass is 9.95. The number of amides is 1. The molecule has 2 N–H and O–H groups in total. The van der Waals surface area contributed by atoms with Crippen LogP contribution in [0.5, 0.6) is 0 Å². The lowest BCUT2D eigenvalue weighted by Gasteiger charge is -2.11. The van der Waals surface area contributed by atoms with Crippen LogP contribution in [0.1, 0.15) is 16.1 Å². The molecule has 1 aromatic heterocycles. The first-order chi connectivity index (χ1) is 10.3. The van der Waals surface area contributed by atoms with E-state index >= 15 is 0 Å². The van der Waals surface area contributed by atoms with Crippen LogP contribution in [0.4, 0.5) is 0 Å². The number of fused-ring (bicyclic) bond motifs is 2. The molecular formula is C17H13N3O. The zero-order valence-corrected chi connectivity index (χ0v) is 11.3. The molecule has 4 nitrogen and oxygen atoms in total. The molecule has 4 rings (SSSR count). The number of nitrogens with two attached hydrogens (primary N) is 1. The highest BCUT2D eigenvalue weighted by Crippen LogP contribution is 2.36. The number of hydrogen-bond donors (Lipinski definition) is 1. The van der Waals surface area contributed by atoms with Crippen molar-refractivity contribution in [1.29, 1.82) is 0 Å². The molecular weight excluding hydrogens is 262 g/mol. The topological polar surface area (TPSA) is 59.2 Å². The van der Waals surface area contributed by atoms with Crippen molar-refractivity contribution in [2.45, 2.75) is 6.54 Å². The number of carbonyl (C=O) groups is 1. The van der Waals surface area contributed by atoms with Crippen molar-refractivity contribution in [3.05, 3.63) is 65.9 Å². The van der Waals surface area contributed by atoms with Gasteiger partial charge >= 0.3 is 0 Å². The predicted molar refractivity (Wildman–Crippen MR) is 81.2 cm³/mol. The Morgan fingerprint density at radius 2 is 1.67 bits per heavy atom. The molecule has 1 amide bonds. The third kappa shape index (κ3) is 1.73. The molecule has 0 saturated heterocycles. The molecule has 102 valence electrons. The highest BCUT2D eigenvalue weighted by molar-refractivity contribution is 6.11. The second kappa shape index (κ2) is 4.40. The second-order valence-corrected chi connectivity index (χ2v) is 5.12. The summed E-state index contributed by atoms with van der Waals surface area (Å²) >= 11 is 0. The first kappa shape index (κ1) is 12.1. The van der Waals surface area contributed by atoms with Crippen LogP contribution in [0.15, 0.2) is 54.6 Å². The highest BCUT2D eigenvalue weighted by atomic mass is 16.2. The first-order valence-electron chi connectivity index (χ1n) is 6.79. The number of hydrazine groups is 1. The Kier molecular flexibility index (Phi) is 2.52. The minimum absolute atomic E-state index is 0.165. The average molecular weight is 275 g/mol. The van der Waals surface area contributed by atoms with Gasteiger partial charge in [0.2, 0.25) is 0 Å². The number of pyridine rings is 1. The maximum absolute atomic E-state index is 12.4. The van der Waals surface area contributed by atoms with Gasteiger partial charge in [-0.3, -0.25) is 9.80 Å². The van der Waals surface area contributed by atoms with Crippen molar-refractivity contribution in [2.24, 2.45) is 5.84 Å². The van der Waals surface area contributed by atoms with Crippen molar-refractivity contribution in [3.8, 4) is 11.1 Å². The van der Waals surface area contributed by atoms with E-state index in [0.717, 1.165) is 27.7 Å². The largest absolute Gasteiger partial charge is 0.270 e. The normalized spacial score (nSPS) is 13.8. The smallest absolute Gasteiger partial charge is 0.270 e. The Balaban J connectivity index is 2.15. The Morgan fingerprint density at radius 3 is 2.48 bits per heavy atom. The molecule has 1 aliphatic heterocycles. The SMILES string of the molecule is NN1Cc2nc3ccccc3c(-c3ccccc3)c2C1=O. The summed E-state index contributed by atoms with van der Waals surface area (Å²) in [7, 11) is 0. The summed E-state index contributed by atoms with van der Waals surface area (Å²) in [6.45, 7) is 0.360. The second-order valence-electron chi connectivity index (χ2n) is 5.12. The van der Waals surface area contributed by atoms with Gasteiger partial charge in [0.05, 0.1) is 23.3 Å². The monoisotopic (exact) mass is 275 g/mol. The zero-order chi connectivity index (χ0) is 14.4. The molecule has 3 aromatic rings. The van der Waals surface area contributed by atoms with E-state index < -0.39 is 0 Å². The van der Waals surface area contributed by atoms with Gasteiger partial charge in [0.1, 0.15) is 0 Å². The number of rotatable bonds is 1. The minimum atomic E-state index is -0.165. The fourth-order valence-electron chi connectivity index (χ4n) is 2.89. The molecule has 21 heavy (non-hydrogen) atoms. The summed E-state index contributed by atoms with van der Waals surface area (Å²) in [6, 6.07) is 17.8.